The van der Waals surface area contributed by atoms with Gasteiger partial charge in [0.1, 0.15) is 5.54 Å². The van der Waals surface area contributed by atoms with E-state index < -0.39 is 16.4 Å². The minimum absolute atomic E-state index is 0.00258. The topological polar surface area (TPSA) is 96.0 Å². The Balaban J connectivity index is 2.22. The van der Waals surface area contributed by atoms with Crippen LogP contribution in [0.15, 0.2) is 18.2 Å². The number of rotatable bonds is 3. The van der Waals surface area contributed by atoms with Crippen molar-refractivity contribution in [2.45, 2.75) is 31.2 Å². The van der Waals surface area contributed by atoms with E-state index in [1.165, 1.54) is 12.1 Å². The SMILES string of the molecule is N#CC1(NC(=O)c2ccc([N+](=O)[O-])cc2Cl)CCCC1. The first kappa shape index (κ1) is 14.3. The molecule has 7 heteroatoms. The number of carbonyl (C=O) groups is 1. The van der Waals surface area contributed by atoms with Gasteiger partial charge in [0.2, 0.25) is 0 Å². The summed E-state index contributed by atoms with van der Waals surface area (Å²) in [6.45, 7) is 0. The molecule has 0 radical (unpaired) electrons. The molecule has 1 N–H and O–H groups in total. The van der Waals surface area contributed by atoms with E-state index in [9.17, 15) is 20.2 Å². The lowest BCUT2D eigenvalue weighted by atomic mass is 9.99. The largest absolute Gasteiger partial charge is 0.334 e. The van der Waals surface area contributed by atoms with Gasteiger partial charge in [-0.15, -0.1) is 0 Å². The molecule has 6 nitrogen and oxygen atoms in total. The highest BCUT2D eigenvalue weighted by Gasteiger charge is 2.36. The lowest BCUT2D eigenvalue weighted by molar-refractivity contribution is -0.384. The minimum Gasteiger partial charge on any atom is -0.334 e. The molecule has 104 valence electrons. The third-order valence-electron chi connectivity index (χ3n) is 3.43. The number of amides is 1. The first-order valence-corrected chi connectivity index (χ1v) is 6.53. The Kier molecular flexibility index (Phi) is 3.91. The van der Waals surface area contributed by atoms with Crippen molar-refractivity contribution in [3.63, 3.8) is 0 Å². The summed E-state index contributed by atoms with van der Waals surface area (Å²) in [6, 6.07) is 5.79. The van der Waals surface area contributed by atoms with Crippen molar-refractivity contribution in [3.05, 3.63) is 38.9 Å². The number of non-ortho nitro benzene ring substituents is 1. The van der Waals surface area contributed by atoms with Crippen molar-refractivity contribution >= 4 is 23.2 Å². The molecule has 0 bridgehead atoms. The summed E-state index contributed by atoms with van der Waals surface area (Å²) in [4.78, 5) is 22.2. The van der Waals surface area contributed by atoms with Crippen LogP contribution in [0.2, 0.25) is 5.02 Å². The molecule has 0 aromatic heterocycles. The average Bonchev–Trinajstić information content (AvgIpc) is 2.87. The maximum absolute atomic E-state index is 12.2. The van der Waals surface area contributed by atoms with Crippen LogP contribution in [0.1, 0.15) is 36.0 Å². The molecule has 1 fully saturated rings. The van der Waals surface area contributed by atoms with Gasteiger partial charge >= 0.3 is 0 Å². The van der Waals surface area contributed by atoms with Crippen molar-refractivity contribution in [2.24, 2.45) is 0 Å². The maximum atomic E-state index is 12.2. The molecule has 0 aliphatic heterocycles. The fourth-order valence-corrected chi connectivity index (χ4v) is 2.59. The molecule has 1 aromatic rings. The van der Waals surface area contributed by atoms with Crippen LogP contribution in [0.5, 0.6) is 0 Å². The first-order valence-electron chi connectivity index (χ1n) is 6.15. The normalized spacial score (nSPS) is 16.4. The summed E-state index contributed by atoms with van der Waals surface area (Å²) in [5, 5.41) is 22.5. The molecule has 1 aliphatic rings. The Morgan fingerprint density at radius 3 is 2.60 bits per heavy atom. The predicted octanol–water partition coefficient (Wildman–Crippen LogP) is 2.81. The zero-order valence-corrected chi connectivity index (χ0v) is 11.3. The Hall–Kier alpha value is -2.13. The third kappa shape index (κ3) is 2.73. The Morgan fingerprint density at radius 1 is 1.45 bits per heavy atom. The van der Waals surface area contributed by atoms with Crippen LogP contribution in [-0.4, -0.2) is 16.4 Å². The van der Waals surface area contributed by atoms with E-state index in [1.54, 1.807) is 0 Å². The van der Waals surface area contributed by atoms with Gasteiger partial charge in [0, 0.05) is 12.1 Å². The summed E-state index contributed by atoms with van der Waals surface area (Å²) in [5.41, 5.74) is -0.886. The van der Waals surface area contributed by atoms with Crippen molar-refractivity contribution in [1.82, 2.24) is 5.32 Å². The van der Waals surface area contributed by atoms with E-state index in [-0.39, 0.29) is 16.3 Å². The van der Waals surface area contributed by atoms with Gasteiger partial charge in [-0.1, -0.05) is 11.6 Å². The summed E-state index contributed by atoms with van der Waals surface area (Å²) >= 11 is 5.89. The Bertz CT molecular complexity index is 603. The average molecular weight is 294 g/mol. The standard InChI is InChI=1S/C13H12ClN3O3/c14-11-7-9(17(19)20)3-4-10(11)12(18)16-13(8-15)5-1-2-6-13/h3-4,7H,1-2,5-6H2,(H,16,18). The highest BCUT2D eigenvalue weighted by Crippen LogP contribution is 2.30. The van der Waals surface area contributed by atoms with Crippen molar-refractivity contribution in [3.8, 4) is 6.07 Å². The summed E-state index contributed by atoms with van der Waals surface area (Å²) in [5.74, 6) is -0.478. The zero-order chi connectivity index (χ0) is 14.8. The molecule has 1 aromatic carbocycles. The maximum Gasteiger partial charge on any atom is 0.270 e. The number of nitrogens with zero attached hydrogens (tertiary/aromatic N) is 2. The Labute approximate surface area is 120 Å². The number of nitro benzene ring substituents is 1. The van der Waals surface area contributed by atoms with Gasteiger partial charge in [0.25, 0.3) is 11.6 Å². The van der Waals surface area contributed by atoms with Gasteiger partial charge in [-0.3, -0.25) is 14.9 Å². The van der Waals surface area contributed by atoms with Crippen LogP contribution in [0, 0.1) is 21.4 Å². The number of carbonyl (C=O) groups excluding carboxylic acids is 1. The van der Waals surface area contributed by atoms with Crippen LogP contribution in [-0.2, 0) is 0 Å². The highest BCUT2D eigenvalue weighted by atomic mass is 35.5. The highest BCUT2D eigenvalue weighted by molar-refractivity contribution is 6.34. The van der Waals surface area contributed by atoms with E-state index in [2.05, 4.69) is 11.4 Å². The smallest absolute Gasteiger partial charge is 0.270 e. The molecule has 0 spiro atoms. The molecule has 1 amide bonds. The molecule has 20 heavy (non-hydrogen) atoms. The van der Waals surface area contributed by atoms with Gasteiger partial charge < -0.3 is 5.32 Å². The van der Waals surface area contributed by atoms with E-state index in [0.717, 1.165) is 18.9 Å². The number of nitro groups is 1. The zero-order valence-electron chi connectivity index (χ0n) is 10.6. The van der Waals surface area contributed by atoms with Crippen LogP contribution in [0.25, 0.3) is 0 Å². The van der Waals surface area contributed by atoms with Crippen molar-refractivity contribution in [2.75, 3.05) is 0 Å². The lowest BCUT2D eigenvalue weighted by Gasteiger charge is -2.22. The summed E-state index contributed by atoms with van der Waals surface area (Å²) < 4.78 is 0. The molecular formula is C13H12ClN3O3. The molecule has 2 rings (SSSR count). The fraction of sp³-hybridized carbons (Fsp3) is 0.385. The van der Waals surface area contributed by atoms with Crippen molar-refractivity contribution < 1.29 is 9.72 Å². The summed E-state index contributed by atoms with van der Waals surface area (Å²) in [7, 11) is 0. The predicted molar refractivity (Wildman–Crippen MR) is 72.4 cm³/mol. The van der Waals surface area contributed by atoms with Gasteiger partial charge in [-0.25, -0.2) is 0 Å². The van der Waals surface area contributed by atoms with E-state index >= 15 is 0 Å². The van der Waals surface area contributed by atoms with Crippen LogP contribution < -0.4 is 5.32 Å². The van der Waals surface area contributed by atoms with E-state index in [1.807, 2.05) is 0 Å². The number of benzene rings is 1. The number of nitrogens with one attached hydrogen (secondary N) is 1. The van der Waals surface area contributed by atoms with E-state index in [4.69, 9.17) is 11.6 Å². The van der Waals surface area contributed by atoms with Crippen LogP contribution in [0.4, 0.5) is 5.69 Å². The minimum atomic E-state index is -0.845. The van der Waals surface area contributed by atoms with Crippen LogP contribution in [0.3, 0.4) is 0 Å². The van der Waals surface area contributed by atoms with E-state index in [0.29, 0.717) is 12.8 Å². The number of halogens is 1. The number of nitriles is 1. The monoisotopic (exact) mass is 293 g/mol. The number of hydrogen-bond acceptors (Lipinski definition) is 4. The molecule has 1 saturated carbocycles. The van der Waals surface area contributed by atoms with Gasteiger partial charge in [0.05, 0.1) is 21.6 Å². The molecule has 0 atom stereocenters. The lowest BCUT2D eigenvalue weighted by Crippen LogP contribution is -2.45. The molecule has 0 saturated heterocycles. The Morgan fingerprint density at radius 2 is 2.10 bits per heavy atom. The molecule has 0 unspecified atom stereocenters. The first-order chi connectivity index (χ1) is 9.47. The fourth-order valence-electron chi connectivity index (χ4n) is 2.33. The summed E-state index contributed by atoms with van der Waals surface area (Å²) in [6.07, 6.45) is 3.00. The second-order valence-corrected chi connectivity index (χ2v) is 5.18. The second-order valence-electron chi connectivity index (χ2n) is 4.78. The molecular weight excluding hydrogens is 282 g/mol. The third-order valence-corrected chi connectivity index (χ3v) is 3.74. The van der Waals surface area contributed by atoms with Gasteiger partial charge in [0.15, 0.2) is 0 Å². The molecule has 1 aliphatic carbocycles. The van der Waals surface area contributed by atoms with Gasteiger partial charge in [-0.05, 0) is 31.7 Å². The van der Waals surface area contributed by atoms with Crippen molar-refractivity contribution in [1.29, 1.82) is 5.26 Å². The molecule has 0 heterocycles. The van der Waals surface area contributed by atoms with Crippen LogP contribution >= 0.6 is 11.6 Å². The quantitative estimate of drug-likeness (QED) is 0.684. The van der Waals surface area contributed by atoms with Gasteiger partial charge in [-0.2, -0.15) is 5.26 Å². The number of hydrogen-bond donors (Lipinski definition) is 1. The second kappa shape index (κ2) is 5.47.